The van der Waals surface area contributed by atoms with Gasteiger partial charge in [0, 0.05) is 25.3 Å². The fourth-order valence-electron chi connectivity index (χ4n) is 2.24. The van der Waals surface area contributed by atoms with E-state index < -0.39 is 11.6 Å². The molecule has 0 aliphatic rings. The Morgan fingerprint density at radius 1 is 1.05 bits per heavy atom. The van der Waals surface area contributed by atoms with Crippen molar-refractivity contribution in [3.63, 3.8) is 0 Å². The van der Waals surface area contributed by atoms with Gasteiger partial charge in [-0.15, -0.1) is 0 Å². The SMILES string of the molecule is CCc1ccc(N(C)CC(N)c2ccc(F)c(F)c2)cc1. The van der Waals surface area contributed by atoms with Crippen LogP contribution in [0.5, 0.6) is 0 Å². The standard InChI is InChI=1S/C17H20F2N2/c1-3-12-4-7-14(8-5-12)21(2)11-17(20)13-6-9-15(18)16(19)10-13/h4-10,17H,3,11,20H2,1-2H3. The van der Waals surface area contributed by atoms with Gasteiger partial charge in [-0.2, -0.15) is 0 Å². The molecule has 0 spiro atoms. The van der Waals surface area contributed by atoms with Crippen LogP contribution in [0, 0.1) is 11.6 Å². The Kier molecular flexibility index (Phi) is 4.91. The van der Waals surface area contributed by atoms with Gasteiger partial charge < -0.3 is 10.6 Å². The van der Waals surface area contributed by atoms with Gasteiger partial charge in [-0.05, 0) is 41.8 Å². The number of nitrogens with zero attached hydrogens (tertiary/aromatic N) is 1. The van der Waals surface area contributed by atoms with E-state index in [1.165, 1.54) is 11.6 Å². The highest BCUT2D eigenvalue weighted by Crippen LogP contribution is 2.19. The van der Waals surface area contributed by atoms with Crippen molar-refractivity contribution in [3.8, 4) is 0 Å². The third-order valence-corrected chi connectivity index (χ3v) is 3.63. The predicted octanol–water partition coefficient (Wildman–Crippen LogP) is 3.66. The van der Waals surface area contributed by atoms with Crippen LogP contribution in [0.25, 0.3) is 0 Å². The molecule has 0 aliphatic heterocycles. The van der Waals surface area contributed by atoms with Gasteiger partial charge in [-0.3, -0.25) is 0 Å². The molecule has 2 nitrogen and oxygen atoms in total. The zero-order chi connectivity index (χ0) is 15.4. The summed E-state index contributed by atoms with van der Waals surface area (Å²) in [5.74, 6) is -1.72. The average molecular weight is 290 g/mol. The Morgan fingerprint density at radius 2 is 1.71 bits per heavy atom. The van der Waals surface area contributed by atoms with Crippen LogP contribution < -0.4 is 10.6 Å². The van der Waals surface area contributed by atoms with Gasteiger partial charge in [0.1, 0.15) is 0 Å². The summed E-state index contributed by atoms with van der Waals surface area (Å²) in [6.07, 6.45) is 0.998. The zero-order valence-electron chi connectivity index (χ0n) is 12.3. The number of benzene rings is 2. The maximum absolute atomic E-state index is 13.2. The molecule has 0 fully saturated rings. The van der Waals surface area contributed by atoms with E-state index in [2.05, 4.69) is 19.1 Å². The number of hydrogen-bond donors (Lipinski definition) is 1. The average Bonchev–Trinajstić information content (AvgIpc) is 2.50. The van der Waals surface area contributed by atoms with E-state index in [1.54, 1.807) is 0 Å². The minimum Gasteiger partial charge on any atom is -0.373 e. The van der Waals surface area contributed by atoms with Crippen LogP contribution in [0.1, 0.15) is 24.1 Å². The van der Waals surface area contributed by atoms with Crippen molar-refractivity contribution >= 4 is 5.69 Å². The number of aryl methyl sites for hydroxylation is 1. The molecule has 2 rings (SSSR count). The highest BCUT2D eigenvalue weighted by molar-refractivity contribution is 5.47. The van der Waals surface area contributed by atoms with Crippen LogP contribution in [0.2, 0.25) is 0 Å². The summed E-state index contributed by atoms with van der Waals surface area (Å²) in [7, 11) is 1.93. The van der Waals surface area contributed by atoms with E-state index in [4.69, 9.17) is 5.73 Å². The number of hydrogen-bond acceptors (Lipinski definition) is 2. The lowest BCUT2D eigenvalue weighted by Crippen LogP contribution is -2.29. The minimum absolute atomic E-state index is 0.379. The van der Waals surface area contributed by atoms with Gasteiger partial charge in [0.2, 0.25) is 0 Å². The summed E-state index contributed by atoms with van der Waals surface area (Å²) in [6.45, 7) is 2.63. The van der Waals surface area contributed by atoms with Crippen molar-refractivity contribution in [2.75, 3.05) is 18.5 Å². The molecular weight excluding hydrogens is 270 g/mol. The molecule has 1 unspecified atom stereocenters. The van der Waals surface area contributed by atoms with Gasteiger partial charge in [0.05, 0.1) is 0 Å². The minimum atomic E-state index is -0.863. The van der Waals surface area contributed by atoms with Crippen molar-refractivity contribution in [2.45, 2.75) is 19.4 Å². The normalized spacial score (nSPS) is 12.2. The number of anilines is 1. The van der Waals surface area contributed by atoms with Crippen LogP contribution >= 0.6 is 0 Å². The monoisotopic (exact) mass is 290 g/mol. The van der Waals surface area contributed by atoms with Crippen LogP contribution in [0.4, 0.5) is 14.5 Å². The number of halogens is 2. The zero-order valence-corrected chi connectivity index (χ0v) is 12.3. The second-order valence-corrected chi connectivity index (χ2v) is 5.18. The largest absolute Gasteiger partial charge is 0.373 e. The fourth-order valence-corrected chi connectivity index (χ4v) is 2.24. The molecule has 112 valence electrons. The van der Waals surface area contributed by atoms with Crippen LogP contribution in [-0.4, -0.2) is 13.6 Å². The smallest absolute Gasteiger partial charge is 0.159 e. The third-order valence-electron chi connectivity index (χ3n) is 3.63. The predicted molar refractivity (Wildman–Crippen MR) is 82.4 cm³/mol. The summed E-state index contributed by atoms with van der Waals surface area (Å²) in [4.78, 5) is 2.01. The Hall–Kier alpha value is -1.94. The van der Waals surface area contributed by atoms with Crippen molar-refractivity contribution in [2.24, 2.45) is 5.73 Å². The first-order valence-electron chi connectivity index (χ1n) is 7.02. The quantitative estimate of drug-likeness (QED) is 0.910. The van der Waals surface area contributed by atoms with E-state index in [9.17, 15) is 8.78 Å². The molecule has 0 saturated heterocycles. The maximum atomic E-state index is 13.2. The highest BCUT2D eigenvalue weighted by Gasteiger charge is 2.12. The molecule has 2 aromatic carbocycles. The fraction of sp³-hybridized carbons (Fsp3) is 0.294. The molecule has 0 heterocycles. The van der Waals surface area contributed by atoms with Gasteiger partial charge in [0.25, 0.3) is 0 Å². The molecule has 0 aromatic heterocycles. The lowest BCUT2D eigenvalue weighted by atomic mass is 10.1. The number of nitrogens with two attached hydrogens (primary N) is 1. The van der Waals surface area contributed by atoms with Gasteiger partial charge in [-0.25, -0.2) is 8.78 Å². The Balaban J connectivity index is 2.06. The molecule has 2 N–H and O–H groups in total. The number of rotatable bonds is 5. The lowest BCUT2D eigenvalue weighted by Gasteiger charge is -2.24. The molecule has 4 heteroatoms. The molecule has 0 radical (unpaired) electrons. The Morgan fingerprint density at radius 3 is 2.29 bits per heavy atom. The van der Waals surface area contributed by atoms with Crippen molar-refractivity contribution in [1.82, 2.24) is 0 Å². The topological polar surface area (TPSA) is 29.3 Å². The summed E-state index contributed by atoms with van der Waals surface area (Å²) >= 11 is 0. The first-order valence-corrected chi connectivity index (χ1v) is 7.02. The van der Waals surface area contributed by atoms with Crippen molar-refractivity contribution in [1.29, 1.82) is 0 Å². The molecule has 0 bridgehead atoms. The van der Waals surface area contributed by atoms with Crippen LogP contribution in [0.3, 0.4) is 0 Å². The first kappa shape index (κ1) is 15.4. The molecule has 2 aromatic rings. The summed E-state index contributed by atoms with van der Waals surface area (Å²) < 4.78 is 26.2. The van der Waals surface area contributed by atoms with E-state index in [0.29, 0.717) is 12.1 Å². The van der Waals surface area contributed by atoms with E-state index >= 15 is 0 Å². The Bertz CT molecular complexity index is 596. The summed E-state index contributed by atoms with van der Waals surface area (Å²) in [6, 6.07) is 11.7. The van der Waals surface area contributed by atoms with Crippen molar-refractivity contribution < 1.29 is 8.78 Å². The maximum Gasteiger partial charge on any atom is 0.159 e. The van der Waals surface area contributed by atoms with Gasteiger partial charge in [-0.1, -0.05) is 25.1 Å². The Labute approximate surface area is 124 Å². The molecular formula is C17H20F2N2. The second kappa shape index (κ2) is 6.68. The van der Waals surface area contributed by atoms with E-state index in [-0.39, 0.29) is 6.04 Å². The summed E-state index contributed by atoms with van der Waals surface area (Å²) in [5, 5.41) is 0. The molecule has 21 heavy (non-hydrogen) atoms. The third kappa shape index (κ3) is 3.79. The van der Waals surface area contributed by atoms with Gasteiger partial charge >= 0.3 is 0 Å². The van der Waals surface area contributed by atoms with Crippen LogP contribution in [-0.2, 0) is 6.42 Å². The van der Waals surface area contributed by atoms with E-state index in [1.807, 2.05) is 24.1 Å². The van der Waals surface area contributed by atoms with Gasteiger partial charge in [0.15, 0.2) is 11.6 Å². The molecule has 1 atom stereocenters. The van der Waals surface area contributed by atoms with Crippen molar-refractivity contribution in [3.05, 3.63) is 65.2 Å². The van der Waals surface area contributed by atoms with E-state index in [0.717, 1.165) is 24.2 Å². The number of likely N-dealkylation sites (N-methyl/N-ethyl adjacent to an activating group) is 1. The molecule has 0 amide bonds. The first-order chi connectivity index (χ1) is 10.0. The second-order valence-electron chi connectivity index (χ2n) is 5.18. The highest BCUT2D eigenvalue weighted by atomic mass is 19.2. The van der Waals surface area contributed by atoms with Crippen LogP contribution in [0.15, 0.2) is 42.5 Å². The summed E-state index contributed by atoms with van der Waals surface area (Å²) in [5.41, 5.74) is 8.99. The molecule has 0 aliphatic carbocycles. The lowest BCUT2D eigenvalue weighted by molar-refractivity contribution is 0.505. The molecule has 0 saturated carbocycles.